The second-order valence-electron chi connectivity index (χ2n) is 3.94. The second-order valence-corrected chi connectivity index (χ2v) is 3.94. The lowest BCUT2D eigenvalue weighted by molar-refractivity contribution is 0.162. The predicted octanol–water partition coefficient (Wildman–Crippen LogP) is 1.50. The number of carbonyl (C=O) groups excluding carboxylic acids is 1. The Balaban J connectivity index is 2.00. The van der Waals surface area contributed by atoms with Crippen molar-refractivity contribution in [3.8, 4) is 5.75 Å². The molecule has 0 radical (unpaired) electrons. The molecule has 1 saturated heterocycles. The average molecular weight is 242 g/mol. The van der Waals surface area contributed by atoms with Gasteiger partial charge in [0.1, 0.15) is 5.75 Å². The topological polar surface area (TPSA) is 55.6 Å². The Morgan fingerprint density at radius 1 is 1.41 bits per heavy atom. The first-order chi connectivity index (χ1) is 8.06. The fourth-order valence-corrected chi connectivity index (χ4v) is 1.66. The number of carbonyl (C=O) groups is 1. The van der Waals surface area contributed by atoms with Crippen molar-refractivity contribution in [3.63, 3.8) is 0 Å². The molecule has 0 aromatic heterocycles. The summed E-state index contributed by atoms with van der Waals surface area (Å²) in [5, 5.41) is 0. The molecule has 6 heteroatoms. The van der Waals surface area contributed by atoms with Crippen molar-refractivity contribution >= 4 is 6.09 Å². The molecule has 0 spiro atoms. The summed E-state index contributed by atoms with van der Waals surface area (Å²) in [5.74, 6) is -2.05. The zero-order valence-corrected chi connectivity index (χ0v) is 9.03. The number of hydrogen-bond donors (Lipinski definition) is 1. The Morgan fingerprint density at radius 2 is 2.18 bits per heavy atom. The first kappa shape index (κ1) is 11.8. The summed E-state index contributed by atoms with van der Waals surface area (Å²) in [6.45, 7) is 0.937. The molecule has 92 valence electrons. The van der Waals surface area contributed by atoms with Crippen molar-refractivity contribution in [2.75, 3.05) is 13.1 Å². The van der Waals surface area contributed by atoms with Gasteiger partial charge in [0.2, 0.25) is 0 Å². The van der Waals surface area contributed by atoms with Crippen LogP contribution in [-0.4, -0.2) is 30.1 Å². The number of rotatable bonds is 1. The molecule has 17 heavy (non-hydrogen) atoms. The molecule has 1 aromatic rings. The molecule has 1 aliphatic rings. The van der Waals surface area contributed by atoms with Gasteiger partial charge in [-0.25, -0.2) is 13.6 Å². The molecular formula is C11H12F2N2O2. The lowest BCUT2D eigenvalue weighted by atomic mass is 10.3. The molecule has 1 aromatic carbocycles. The number of nitrogens with zero attached hydrogens (tertiary/aromatic N) is 1. The number of halogens is 2. The van der Waals surface area contributed by atoms with E-state index < -0.39 is 17.7 Å². The Kier molecular flexibility index (Phi) is 3.23. The fourth-order valence-electron chi connectivity index (χ4n) is 1.66. The molecule has 2 rings (SSSR count). The van der Waals surface area contributed by atoms with Gasteiger partial charge >= 0.3 is 6.09 Å². The van der Waals surface area contributed by atoms with E-state index in [0.29, 0.717) is 19.5 Å². The molecule has 0 saturated carbocycles. The first-order valence-corrected chi connectivity index (χ1v) is 5.23. The van der Waals surface area contributed by atoms with Crippen LogP contribution in [0.1, 0.15) is 6.42 Å². The van der Waals surface area contributed by atoms with Gasteiger partial charge in [-0.1, -0.05) is 0 Å². The third-order valence-electron chi connectivity index (χ3n) is 2.58. The van der Waals surface area contributed by atoms with Crippen molar-refractivity contribution in [3.05, 3.63) is 29.8 Å². The fraction of sp³-hybridized carbons (Fsp3) is 0.364. The Morgan fingerprint density at radius 3 is 2.76 bits per heavy atom. The van der Waals surface area contributed by atoms with Crippen LogP contribution < -0.4 is 10.5 Å². The van der Waals surface area contributed by atoms with Crippen LogP contribution in [0.5, 0.6) is 5.75 Å². The lowest BCUT2D eigenvalue weighted by Crippen LogP contribution is -2.34. The summed E-state index contributed by atoms with van der Waals surface area (Å²) in [6.07, 6.45) is 0.122. The maximum Gasteiger partial charge on any atom is 0.415 e. The predicted molar refractivity (Wildman–Crippen MR) is 56.5 cm³/mol. The SMILES string of the molecule is NC1CCN(C(=O)Oc2ccc(F)c(F)c2)C1. The minimum absolute atomic E-state index is 0.0191. The molecule has 1 unspecified atom stereocenters. The number of hydrogen-bond acceptors (Lipinski definition) is 3. The molecule has 2 N–H and O–H groups in total. The highest BCUT2D eigenvalue weighted by molar-refractivity contribution is 5.71. The third kappa shape index (κ3) is 2.71. The van der Waals surface area contributed by atoms with E-state index in [1.165, 1.54) is 11.0 Å². The van der Waals surface area contributed by atoms with Crippen LogP contribution in [0.2, 0.25) is 0 Å². The monoisotopic (exact) mass is 242 g/mol. The normalized spacial score (nSPS) is 19.5. The van der Waals surface area contributed by atoms with Crippen LogP contribution in [0, 0.1) is 11.6 Å². The molecule has 1 heterocycles. The minimum atomic E-state index is -1.05. The largest absolute Gasteiger partial charge is 0.415 e. The lowest BCUT2D eigenvalue weighted by Gasteiger charge is -2.15. The second kappa shape index (κ2) is 4.67. The first-order valence-electron chi connectivity index (χ1n) is 5.23. The Bertz CT molecular complexity index is 439. The number of benzene rings is 1. The summed E-state index contributed by atoms with van der Waals surface area (Å²) in [4.78, 5) is 13.0. The van der Waals surface area contributed by atoms with Crippen LogP contribution in [0.3, 0.4) is 0 Å². The van der Waals surface area contributed by atoms with E-state index in [0.717, 1.165) is 12.1 Å². The van der Waals surface area contributed by atoms with E-state index in [-0.39, 0.29) is 11.8 Å². The zero-order chi connectivity index (χ0) is 12.4. The zero-order valence-electron chi connectivity index (χ0n) is 9.03. The number of likely N-dealkylation sites (tertiary alicyclic amines) is 1. The maximum atomic E-state index is 12.9. The van der Waals surface area contributed by atoms with Gasteiger partial charge in [-0.15, -0.1) is 0 Å². The van der Waals surface area contributed by atoms with Crippen molar-refractivity contribution in [2.45, 2.75) is 12.5 Å². The van der Waals surface area contributed by atoms with Gasteiger partial charge in [0.25, 0.3) is 0 Å². The number of amides is 1. The van der Waals surface area contributed by atoms with Gasteiger partial charge in [-0.05, 0) is 18.6 Å². The van der Waals surface area contributed by atoms with E-state index >= 15 is 0 Å². The highest BCUT2D eigenvalue weighted by Crippen LogP contribution is 2.17. The third-order valence-corrected chi connectivity index (χ3v) is 2.58. The van der Waals surface area contributed by atoms with Crippen molar-refractivity contribution in [1.29, 1.82) is 0 Å². The molecule has 1 amide bonds. The quantitative estimate of drug-likeness (QED) is 0.811. The average Bonchev–Trinajstić information content (AvgIpc) is 2.70. The standard InChI is InChI=1S/C11H12F2N2O2/c12-9-2-1-8(5-10(9)13)17-11(16)15-4-3-7(14)6-15/h1-2,5,7H,3-4,6,14H2. The van der Waals surface area contributed by atoms with Crippen molar-refractivity contribution in [1.82, 2.24) is 4.90 Å². The van der Waals surface area contributed by atoms with Crippen LogP contribution in [0.15, 0.2) is 18.2 Å². The van der Waals surface area contributed by atoms with Crippen LogP contribution in [0.4, 0.5) is 13.6 Å². The summed E-state index contributed by atoms with van der Waals surface area (Å²) < 4.78 is 30.4. The van der Waals surface area contributed by atoms with Crippen molar-refractivity contribution in [2.24, 2.45) is 5.73 Å². The molecular weight excluding hydrogens is 230 g/mol. The summed E-state index contributed by atoms with van der Waals surface area (Å²) in [5.41, 5.74) is 5.64. The molecule has 0 aliphatic carbocycles. The van der Waals surface area contributed by atoms with Crippen molar-refractivity contribution < 1.29 is 18.3 Å². The summed E-state index contributed by atoms with van der Waals surface area (Å²) in [6, 6.07) is 2.90. The molecule has 1 fully saturated rings. The van der Waals surface area contributed by atoms with Gasteiger partial charge in [-0.2, -0.15) is 0 Å². The molecule has 1 aliphatic heterocycles. The summed E-state index contributed by atoms with van der Waals surface area (Å²) >= 11 is 0. The maximum absolute atomic E-state index is 12.9. The van der Waals surface area contributed by atoms with E-state index in [2.05, 4.69) is 0 Å². The smallest absolute Gasteiger partial charge is 0.410 e. The highest BCUT2D eigenvalue weighted by atomic mass is 19.2. The van der Waals surface area contributed by atoms with E-state index in [4.69, 9.17) is 10.5 Å². The van der Waals surface area contributed by atoms with E-state index in [1.807, 2.05) is 0 Å². The van der Waals surface area contributed by atoms with E-state index in [9.17, 15) is 13.6 Å². The Labute approximate surface area is 97.0 Å². The summed E-state index contributed by atoms with van der Waals surface area (Å²) in [7, 11) is 0. The number of ether oxygens (including phenoxy) is 1. The van der Waals surface area contributed by atoms with Crippen LogP contribution in [0.25, 0.3) is 0 Å². The highest BCUT2D eigenvalue weighted by Gasteiger charge is 2.25. The molecule has 1 atom stereocenters. The van der Waals surface area contributed by atoms with Crippen LogP contribution >= 0.6 is 0 Å². The van der Waals surface area contributed by atoms with E-state index in [1.54, 1.807) is 0 Å². The van der Waals surface area contributed by atoms with Gasteiger partial charge in [0.05, 0.1) is 0 Å². The molecule has 4 nitrogen and oxygen atoms in total. The number of nitrogens with two attached hydrogens (primary N) is 1. The molecule has 0 bridgehead atoms. The van der Waals surface area contributed by atoms with Gasteiger partial charge in [-0.3, -0.25) is 0 Å². The van der Waals surface area contributed by atoms with Gasteiger partial charge in [0, 0.05) is 25.2 Å². The van der Waals surface area contributed by atoms with Crippen LogP contribution in [-0.2, 0) is 0 Å². The minimum Gasteiger partial charge on any atom is -0.410 e. The van der Waals surface area contributed by atoms with Gasteiger partial charge in [0.15, 0.2) is 11.6 Å². The van der Waals surface area contributed by atoms with Gasteiger partial charge < -0.3 is 15.4 Å². The Hall–Kier alpha value is -1.69.